The van der Waals surface area contributed by atoms with E-state index >= 15 is 0 Å². The zero-order valence-electron chi connectivity index (χ0n) is 13.9. The van der Waals surface area contributed by atoms with Crippen molar-refractivity contribution >= 4 is 0 Å². The zero-order chi connectivity index (χ0) is 17.3. The summed E-state index contributed by atoms with van der Waals surface area (Å²) in [6, 6.07) is 5.34. The lowest BCUT2D eigenvalue weighted by Gasteiger charge is -2.22. The van der Waals surface area contributed by atoms with Crippen molar-refractivity contribution in [2.45, 2.75) is 31.7 Å². The molecule has 3 aromatic heterocycles. The Labute approximate surface area is 146 Å². The zero-order valence-corrected chi connectivity index (χ0v) is 13.9. The minimum absolute atomic E-state index is 0.0880. The maximum atomic E-state index is 6.49. The summed E-state index contributed by atoms with van der Waals surface area (Å²) in [6.45, 7) is 0. The van der Waals surface area contributed by atoms with Crippen molar-refractivity contribution < 1.29 is 0 Å². The monoisotopic (exact) mass is 335 g/mol. The highest BCUT2D eigenvalue weighted by molar-refractivity contribution is 4.98. The van der Waals surface area contributed by atoms with E-state index < -0.39 is 0 Å². The molecule has 128 valence electrons. The van der Waals surface area contributed by atoms with E-state index in [4.69, 9.17) is 5.73 Å². The summed E-state index contributed by atoms with van der Waals surface area (Å²) in [5, 5.41) is 0. The van der Waals surface area contributed by atoms with Gasteiger partial charge in [-0.3, -0.25) is 0 Å². The van der Waals surface area contributed by atoms with Gasteiger partial charge in [0.2, 0.25) is 0 Å². The molecule has 0 bridgehead atoms. The Balaban J connectivity index is 1.68. The van der Waals surface area contributed by atoms with Gasteiger partial charge in [0, 0.05) is 62.5 Å². The Morgan fingerprint density at radius 2 is 1.08 bits per heavy atom. The average Bonchev–Trinajstić information content (AvgIpc) is 2.67. The van der Waals surface area contributed by atoms with E-state index in [1.807, 2.05) is 12.1 Å². The molecular formula is C18H21N7. The normalized spacial score (nSPS) is 13.3. The van der Waals surface area contributed by atoms with Crippen LogP contribution in [0.15, 0.2) is 55.4 Å². The SMILES string of the molecule is NC(Cc1ncccn1)C(CCc1ncccn1)Cc1ncccn1. The fourth-order valence-electron chi connectivity index (χ4n) is 2.72. The Morgan fingerprint density at radius 1 is 0.640 bits per heavy atom. The van der Waals surface area contributed by atoms with Crippen LogP contribution >= 0.6 is 0 Å². The molecule has 25 heavy (non-hydrogen) atoms. The van der Waals surface area contributed by atoms with Crippen molar-refractivity contribution in [3.63, 3.8) is 0 Å². The number of hydrogen-bond acceptors (Lipinski definition) is 7. The standard InChI is InChI=1S/C18H21N7/c19-15(13-18-24-10-3-11-25-18)14(12-17-22-8-2-9-23-17)4-5-16-20-6-1-7-21-16/h1-3,6-11,14-15H,4-5,12-13,19H2. The molecule has 3 aromatic rings. The van der Waals surface area contributed by atoms with Gasteiger partial charge in [0.05, 0.1) is 0 Å². The first-order valence-electron chi connectivity index (χ1n) is 8.34. The van der Waals surface area contributed by atoms with Crippen LogP contribution in [0.3, 0.4) is 0 Å². The van der Waals surface area contributed by atoms with E-state index in [1.165, 1.54) is 0 Å². The van der Waals surface area contributed by atoms with Crippen LogP contribution in [0.1, 0.15) is 23.9 Å². The molecule has 0 aliphatic carbocycles. The van der Waals surface area contributed by atoms with Crippen LogP contribution in [0.4, 0.5) is 0 Å². The molecular weight excluding hydrogens is 314 g/mol. The Morgan fingerprint density at radius 3 is 1.60 bits per heavy atom. The van der Waals surface area contributed by atoms with E-state index in [9.17, 15) is 0 Å². The lowest BCUT2D eigenvalue weighted by atomic mass is 9.89. The molecule has 3 heterocycles. The molecule has 0 saturated heterocycles. The maximum absolute atomic E-state index is 6.49. The van der Waals surface area contributed by atoms with Gasteiger partial charge in [0.25, 0.3) is 0 Å². The Bertz CT molecular complexity index is 737. The lowest BCUT2D eigenvalue weighted by molar-refractivity contribution is 0.374. The maximum Gasteiger partial charge on any atom is 0.129 e. The molecule has 0 spiro atoms. The summed E-state index contributed by atoms with van der Waals surface area (Å²) in [6.07, 6.45) is 13.5. The van der Waals surface area contributed by atoms with Crippen LogP contribution in [-0.4, -0.2) is 35.9 Å². The van der Waals surface area contributed by atoms with Crippen LogP contribution in [0, 0.1) is 5.92 Å². The molecule has 0 fully saturated rings. The van der Waals surface area contributed by atoms with E-state index in [0.717, 1.165) is 30.3 Å². The van der Waals surface area contributed by atoms with Gasteiger partial charge in [0.1, 0.15) is 17.5 Å². The molecule has 3 rings (SSSR count). The van der Waals surface area contributed by atoms with Crippen molar-refractivity contribution in [1.29, 1.82) is 0 Å². The second-order valence-electron chi connectivity index (χ2n) is 5.87. The third-order valence-electron chi connectivity index (χ3n) is 4.07. The summed E-state index contributed by atoms with van der Waals surface area (Å²) in [7, 11) is 0. The van der Waals surface area contributed by atoms with Crippen molar-refractivity contribution in [2.75, 3.05) is 0 Å². The largest absolute Gasteiger partial charge is 0.327 e. The van der Waals surface area contributed by atoms with Crippen LogP contribution in [0.5, 0.6) is 0 Å². The Hall–Kier alpha value is -2.80. The van der Waals surface area contributed by atoms with Gasteiger partial charge in [-0.25, -0.2) is 29.9 Å². The topological polar surface area (TPSA) is 103 Å². The number of aryl methyl sites for hydroxylation is 1. The van der Waals surface area contributed by atoms with Crippen molar-refractivity contribution in [3.8, 4) is 0 Å². The van der Waals surface area contributed by atoms with Crippen molar-refractivity contribution in [3.05, 3.63) is 72.9 Å². The summed E-state index contributed by atoms with van der Waals surface area (Å²) in [4.78, 5) is 25.8. The van der Waals surface area contributed by atoms with Crippen LogP contribution in [0.2, 0.25) is 0 Å². The third-order valence-corrected chi connectivity index (χ3v) is 4.07. The molecule has 0 radical (unpaired) electrons. The smallest absolute Gasteiger partial charge is 0.129 e. The molecule has 0 aliphatic rings. The number of aromatic nitrogens is 6. The molecule has 0 amide bonds. The molecule has 7 heteroatoms. The minimum atomic E-state index is -0.0880. The predicted molar refractivity (Wildman–Crippen MR) is 93.3 cm³/mol. The average molecular weight is 335 g/mol. The van der Waals surface area contributed by atoms with E-state index in [-0.39, 0.29) is 12.0 Å². The summed E-state index contributed by atoms with van der Waals surface area (Å²) >= 11 is 0. The molecule has 2 atom stereocenters. The number of nitrogens with zero attached hydrogens (tertiary/aromatic N) is 6. The van der Waals surface area contributed by atoms with Gasteiger partial charge in [0.15, 0.2) is 0 Å². The van der Waals surface area contributed by atoms with Crippen LogP contribution in [0.25, 0.3) is 0 Å². The van der Waals surface area contributed by atoms with Crippen molar-refractivity contribution in [1.82, 2.24) is 29.9 Å². The molecule has 2 N–H and O–H groups in total. The van der Waals surface area contributed by atoms with Gasteiger partial charge in [-0.1, -0.05) is 0 Å². The van der Waals surface area contributed by atoms with Crippen LogP contribution in [-0.2, 0) is 19.3 Å². The third kappa shape index (κ3) is 5.36. The highest BCUT2D eigenvalue weighted by Crippen LogP contribution is 2.17. The summed E-state index contributed by atoms with van der Waals surface area (Å²) < 4.78 is 0. The quantitative estimate of drug-likeness (QED) is 0.664. The highest BCUT2D eigenvalue weighted by Gasteiger charge is 2.21. The second kappa shape index (κ2) is 8.89. The van der Waals surface area contributed by atoms with Crippen molar-refractivity contribution in [2.24, 2.45) is 11.7 Å². The summed E-state index contributed by atoms with van der Waals surface area (Å²) in [5.74, 6) is 2.57. The van der Waals surface area contributed by atoms with E-state index in [0.29, 0.717) is 12.8 Å². The molecule has 0 saturated carbocycles. The van der Waals surface area contributed by atoms with Gasteiger partial charge < -0.3 is 5.73 Å². The second-order valence-corrected chi connectivity index (χ2v) is 5.87. The number of nitrogens with two attached hydrogens (primary N) is 1. The molecule has 0 aromatic carbocycles. The number of rotatable bonds is 8. The lowest BCUT2D eigenvalue weighted by Crippen LogP contribution is -2.35. The minimum Gasteiger partial charge on any atom is -0.327 e. The molecule has 0 aliphatic heterocycles. The van der Waals surface area contributed by atoms with Gasteiger partial charge in [-0.05, 0) is 30.5 Å². The van der Waals surface area contributed by atoms with E-state index in [1.54, 1.807) is 43.2 Å². The molecule has 2 unspecified atom stereocenters. The molecule has 7 nitrogen and oxygen atoms in total. The fraction of sp³-hybridized carbons (Fsp3) is 0.333. The highest BCUT2D eigenvalue weighted by atomic mass is 14.9. The Kier molecular flexibility index (Phi) is 6.06. The first-order valence-corrected chi connectivity index (χ1v) is 8.34. The van der Waals surface area contributed by atoms with Crippen LogP contribution < -0.4 is 5.73 Å². The predicted octanol–water partition coefficient (Wildman–Crippen LogP) is 1.42. The summed E-state index contributed by atoms with van der Waals surface area (Å²) in [5.41, 5.74) is 6.49. The number of hydrogen-bond donors (Lipinski definition) is 1. The fourth-order valence-corrected chi connectivity index (χ4v) is 2.72. The first-order chi connectivity index (χ1) is 12.3. The van der Waals surface area contributed by atoms with Gasteiger partial charge in [-0.2, -0.15) is 0 Å². The first kappa shape index (κ1) is 17.0. The van der Waals surface area contributed by atoms with E-state index in [2.05, 4.69) is 29.9 Å². The van der Waals surface area contributed by atoms with Gasteiger partial charge >= 0.3 is 0 Å². The van der Waals surface area contributed by atoms with Gasteiger partial charge in [-0.15, -0.1) is 0 Å².